The first-order chi connectivity index (χ1) is 8.84. The Labute approximate surface area is 107 Å². The third-order valence-electron chi connectivity index (χ3n) is 3.90. The molecule has 0 saturated carbocycles. The zero-order chi connectivity index (χ0) is 12.4. The summed E-state index contributed by atoms with van der Waals surface area (Å²) in [6.07, 6.45) is 9.91. The van der Waals surface area contributed by atoms with Gasteiger partial charge in [-0.1, -0.05) is 6.42 Å². The van der Waals surface area contributed by atoms with Gasteiger partial charge in [0.15, 0.2) is 0 Å². The van der Waals surface area contributed by atoms with Crippen molar-refractivity contribution in [3.8, 4) is 0 Å². The van der Waals surface area contributed by atoms with Gasteiger partial charge in [0.25, 0.3) is 0 Å². The Hall–Kier alpha value is -1.42. The predicted molar refractivity (Wildman–Crippen MR) is 72.5 cm³/mol. The SMILES string of the molecule is Cn1c(CCC2CCCCN2)nc2cnccc21. The molecular weight excluding hydrogens is 224 g/mol. The Balaban J connectivity index is 1.72. The molecule has 96 valence electrons. The van der Waals surface area contributed by atoms with Crippen molar-refractivity contribution in [1.29, 1.82) is 0 Å². The van der Waals surface area contributed by atoms with E-state index in [4.69, 9.17) is 0 Å². The highest BCUT2D eigenvalue weighted by atomic mass is 15.1. The summed E-state index contributed by atoms with van der Waals surface area (Å²) in [7, 11) is 2.10. The monoisotopic (exact) mass is 244 g/mol. The van der Waals surface area contributed by atoms with Crippen LogP contribution >= 0.6 is 0 Å². The quantitative estimate of drug-likeness (QED) is 0.898. The van der Waals surface area contributed by atoms with Crippen LogP contribution in [0.25, 0.3) is 11.0 Å². The summed E-state index contributed by atoms with van der Waals surface area (Å²) in [4.78, 5) is 8.80. The van der Waals surface area contributed by atoms with Gasteiger partial charge < -0.3 is 9.88 Å². The number of pyridine rings is 1. The molecule has 1 atom stereocenters. The first kappa shape index (κ1) is 11.7. The van der Waals surface area contributed by atoms with Crippen molar-refractivity contribution in [2.75, 3.05) is 6.54 Å². The van der Waals surface area contributed by atoms with E-state index in [0.29, 0.717) is 6.04 Å². The van der Waals surface area contributed by atoms with Crippen LogP contribution in [0.2, 0.25) is 0 Å². The number of rotatable bonds is 3. The molecule has 0 radical (unpaired) electrons. The molecule has 0 spiro atoms. The fourth-order valence-electron chi connectivity index (χ4n) is 2.80. The van der Waals surface area contributed by atoms with E-state index in [0.717, 1.165) is 11.9 Å². The molecular formula is C14H20N4. The van der Waals surface area contributed by atoms with Crippen LogP contribution < -0.4 is 5.32 Å². The first-order valence-electron chi connectivity index (χ1n) is 6.83. The van der Waals surface area contributed by atoms with Gasteiger partial charge in [-0.05, 0) is 31.9 Å². The third kappa shape index (κ3) is 2.25. The van der Waals surface area contributed by atoms with Gasteiger partial charge in [0.05, 0.1) is 11.7 Å². The Bertz CT molecular complexity index is 526. The fourth-order valence-corrected chi connectivity index (χ4v) is 2.80. The largest absolute Gasteiger partial charge is 0.331 e. The lowest BCUT2D eigenvalue weighted by Crippen LogP contribution is -2.34. The highest BCUT2D eigenvalue weighted by molar-refractivity contribution is 5.74. The van der Waals surface area contributed by atoms with Crippen LogP contribution in [-0.4, -0.2) is 27.1 Å². The van der Waals surface area contributed by atoms with Crippen LogP contribution in [0.15, 0.2) is 18.5 Å². The topological polar surface area (TPSA) is 42.7 Å². The van der Waals surface area contributed by atoms with Crippen molar-refractivity contribution in [2.24, 2.45) is 7.05 Å². The van der Waals surface area contributed by atoms with Gasteiger partial charge in [-0.15, -0.1) is 0 Å². The van der Waals surface area contributed by atoms with E-state index in [1.165, 1.54) is 43.6 Å². The van der Waals surface area contributed by atoms with Crippen LogP contribution in [0.4, 0.5) is 0 Å². The number of nitrogens with zero attached hydrogens (tertiary/aromatic N) is 3. The summed E-state index contributed by atoms with van der Waals surface area (Å²) in [5, 5.41) is 3.59. The smallest absolute Gasteiger partial charge is 0.109 e. The molecule has 0 bridgehead atoms. The molecule has 1 N–H and O–H groups in total. The molecule has 1 saturated heterocycles. The molecule has 1 aliphatic rings. The molecule has 0 aromatic carbocycles. The molecule has 0 aliphatic carbocycles. The lowest BCUT2D eigenvalue weighted by Gasteiger charge is -2.23. The molecule has 1 fully saturated rings. The van der Waals surface area contributed by atoms with Crippen LogP contribution in [-0.2, 0) is 13.5 Å². The zero-order valence-electron chi connectivity index (χ0n) is 10.9. The number of aromatic nitrogens is 3. The lowest BCUT2D eigenvalue weighted by molar-refractivity contribution is 0.380. The number of nitrogens with one attached hydrogen (secondary N) is 1. The Morgan fingerprint density at radius 3 is 3.17 bits per heavy atom. The van der Waals surface area contributed by atoms with Crippen molar-refractivity contribution < 1.29 is 0 Å². The van der Waals surface area contributed by atoms with E-state index in [9.17, 15) is 0 Å². The van der Waals surface area contributed by atoms with Crippen LogP contribution in [0.5, 0.6) is 0 Å². The van der Waals surface area contributed by atoms with E-state index < -0.39 is 0 Å². The van der Waals surface area contributed by atoms with E-state index in [-0.39, 0.29) is 0 Å². The number of fused-ring (bicyclic) bond motifs is 1. The van der Waals surface area contributed by atoms with E-state index in [2.05, 4.69) is 26.9 Å². The van der Waals surface area contributed by atoms with Gasteiger partial charge in [0.1, 0.15) is 11.3 Å². The maximum absolute atomic E-state index is 4.67. The minimum Gasteiger partial charge on any atom is -0.331 e. The number of piperidine rings is 1. The summed E-state index contributed by atoms with van der Waals surface area (Å²) < 4.78 is 2.19. The van der Waals surface area contributed by atoms with E-state index in [1.807, 2.05) is 18.5 Å². The summed E-state index contributed by atoms with van der Waals surface area (Å²) in [6.45, 7) is 1.18. The molecule has 18 heavy (non-hydrogen) atoms. The van der Waals surface area contributed by atoms with Crippen molar-refractivity contribution >= 4 is 11.0 Å². The highest BCUT2D eigenvalue weighted by Crippen LogP contribution is 2.17. The second kappa shape index (κ2) is 5.06. The minimum atomic E-state index is 0.677. The van der Waals surface area contributed by atoms with Crippen molar-refractivity contribution in [2.45, 2.75) is 38.1 Å². The fraction of sp³-hybridized carbons (Fsp3) is 0.571. The molecule has 3 heterocycles. The predicted octanol–water partition coefficient (Wildman–Crippen LogP) is 2.04. The maximum Gasteiger partial charge on any atom is 0.109 e. The summed E-state index contributed by atoms with van der Waals surface area (Å²) >= 11 is 0. The Morgan fingerprint density at radius 1 is 1.44 bits per heavy atom. The summed E-state index contributed by atoms with van der Waals surface area (Å²) in [6, 6.07) is 2.71. The second-order valence-electron chi connectivity index (χ2n) is 5.14. The molecule has 2 aromatic rings. The molecule has 4 nitrogen and oxygen atoms in total. The molecule has 1 aliphatic heterocycles. The molecule has 1 unspecified atom stereocenters. The van der Waals surface area contributed by atoms with Crippen LogP contribution in [0, 0.1) is 0 Å². The van der Waals surface area contributed by atoms with Crippen LogP contribution in [0.3, 0.4) is 0 Å². The lowest BCUT2D eigenvalue weighted by atomic mass is 10.0. The van der Waals surface area contributed by atoms with Gasteiger partial charge in [0.2, 0.25) is 0 Å². The first-order valence-corrected chi connectivity index (χ1v) is 6.83. The van der Waals surface area contributed by atoms with Crippen molar-refractivity contribution in [1.82, 2.24) is 19.9 Å². The molecule has 4 heteroatoms. The van der Waals surface area contributed by atoms with Gasteiger partial charge in [-0.2, -0.15) is 0 Å². The normalized spacial score (nSPS) is 20.4. The minimum absolute atomic E-state index is 0.677. The van der Waals surface area contributed by atoms with Gasteiger partial charge in [0, 0.05) is 25.7 Å². The Kier molecular flexibility index (Phi) is 3.28. The third-order valence-corrected chi connectivity index (χ3v) is 3.90. The standard InChI is InChI=1S/C14H20N4/c1-18-13-7-9-15-10-12(13)17-14(18)6-5-11-4-2-3-8-16-11/h7,9-11,16H,2-6,8H2,1H3. The maximum atomic E-state index is 4.67. The molecule has 2 aromatic heterocycles. The Morgan fingerprint density at radius 2 is 2.39 bits per heavy atom. The zero-order valence-corrected chi connectivity index (χ0v) is 10.9. The van der Waals surface area contributed by atoms with Gasteiger partial charge in [-0.25, -0.2) is 4.98 Å². The van der Waals surface area contributed by atoms with Gasteiger partial charge in [-0.3, -0.25) is 4.98 Å². The van der Waals surface area contributed by atoms with Crippen molar-refractivity contribution in [3.05, 3.63) is 24.3 Å². The summed E-state index contributed by atoms with van der Waals surface area (Å²) in [5.74, 6) is 1.17. The number of hydrogen-bond donors (Lipinski definition) is 1. The van der Waals surface area contributed by atoms with Gasteiger partial charge >= 0.3 is 0 Å². The van der Waals surface area contributed by atoms with Crippen LogP contribution in [0.1, 0.15) is 31.5 Å². The number of imidazole rings is 1. The second-order valence-corrected chi connectivity index (χ2v) is 5.14. The van der Waals surface area contributed by atoms with Crippen molar-refractivity contribution in [3.63, 3.8) is 0 Å². The number of aryl methyl sites for hydroxylation is 2. The van der Waals surface area contributed by atoms with E-state index >= 15 is 0 Å². The molecule has 3 rings (SSSR count). The summed E-state index contributed by atoms with van der Waals surface area (Å²) in [5.41, 5.74) is 2.18. The average Bonchev–Trinajstić information content (AvgIpc) is 2.75. The highest BCUT2D eigenvalue weighted by Gasteiger charge is 2.14. The average molecular weight is 244 g/mol. The number of hydrogen-bond acceptors (Lipinski definition) is 3. The molecule has 0 amide bonds. The van der Waals surface area contributed by atoms with E-state index in [1.54, 1.807) is 0 Å².